The number of aromatic amines is 10. The van der Waals surface area contributed by atoms with E-state index in [1.807, 2.05) is 47.6 Å². The molecule has 0 spiro atoms. The maximum absolute atomic E-state index is 11.7. The van der Waals surface area contributed by atoms with Crippen molar-refractivity contribution in [2.75, 3.05) is 40.6 Å². The normalized spacial score (nSPS) is 28.1. The number of H-pyrrole nitrogens is 10. The molecule has 0 radical (unpaired) electrons. The van der Waals surface area contributed by atoms with E-state index in [2.05, 4.69) is 101 Å². The molecular formula is C74H96N20O20. The van der Waals surface area contributed by atoms with E-state index in [1.165, 1.54) is 51.4 Å². The van der Waals surface area contributed by atoms with Crippen molar-refractivity contribution in [2.45, 2.75) is 171 Å². The van der Waals surface area contributed by atoms with Gasteiger partial charge in [-0.05, 0) is 52.2 Å². The molecule has 114 heavy (non-hydrogen) atoms. The lowest BCUT2D eigenvalue weighted by Crippen LogP contribution is -2.37. The number of aliphatic hydroxyl groups excluding tert-OH is 10. The fourth-order valence-electron chi connectivity index (χ4n) is 15.8. The molecule has 0 amide bonds. The van der Waals surface area contributed by atoms with Crippen LogP contribution >= 0.6 is 0 Å². The summed E-state index contributed by atoms with van der Waals surface area (Å²) in [6.45, 7) is 13.3. The Labute approximate surface area is 645 Å². The number of fused-ring (bicyclic) bond motifs is 6. The number of aromatic hydroxyl groups is 1. The minimum atomic E-state index is -0.917. The molecule has 0 aliphatic carbocycles. The number of nitrogens with one attached hydrogen (secondary N) is 15. The van der Waals surface area contributed by atoms with Crippen molar-refractivity contribution in [3.63, 3.8) is 0 Å². The lowest BCUT2D eigenvalue weighted by molar-refractivity contribution is -0.0114. The Hall–Kier alpha value is -10.3. The molecule has 0 saturated carbocycles. The number of methoxy groups -OCH3 is 2. The van der Waals surface area contributed by atoms with Crippen LogP contribution in [0, 0.1) is 25.7 Å². The second-order valence-corrected chi connectivity index (χ2v) is 29.2. The van der Waals surface area contributed by atoms with Gasteiger partial charge in [0.05, 0.1) is 125 Å². The fraction of sp³-hybridized carbons (Fsp3) is 0.473. The summed E-state index contributed by atoms with van der Waals surface area (Å²) in [7, 11) is 2.98. The number of rotatable bonds is 13. The van der Waals surface area contributed by atoms with Gasteiger partial charge >= 0.3 is 5.97 Å². The summed E-state index contributed by atoms with van der Waals surface area (Å²) < 4.78 is 15.5. The number of ether oxygens (including phenoxy) is 3. The van der Waals surface area contributed by atoms with E-state index < -0.39 is 72.9 Å². The van der Waals surface area contributed by atoms with Gasteiger partial charge in [0, 0.05) is 114 Å². The SMILES string of the molecule is CC(C)=CCc1c(C)c(C)c2c(c1O)C(=O)OC2.CO[C@@H]1[C@H](O)[C@@H](CO)N[C@H]1c1c[nH]c2c(=O)[nH]cnc12.CO[C@H]1[C@@H](O)[C@H](c2c[nH]c3c(=O)[nH]cnc23)N[C@@H]1CO.C[C@@H]1[C@H](O)[C@@H](CO)N[C@H]1c1c[nH]c2c(=O)[nH]cnc12.C[C@H]1N[C@@H](c2c[nH]c3c(=O)[nH]cnc23)[C@H](O)[C@@H]1O.C[C@H]1[C@@H](O)[C@H](c2c[nH]c3c(=O)[nH]cnc23)N[C@@H]1CO. The highest BCUT2D eigenvalue weighted by molar-refractivity contribution is 5.97. The highest BCUT2D eigenvalue weighted by atomic mass is 16.5. The molecule has 40 heteroatoms. The zero-order valence-corrected chi connectivity index (χ0v) is 63.5. The lowest BCUT2D eigenvalue weighted by Gasteiger charge is -2.19. The Balaban J connectivity index is 0.000000127. The number of phenolic OH excluding ortho intramolecular Hbond substituents is 1. The molecule has 20 atom stereocenters. The topological polar surface area (TPSA) is 635 Å². The van der Waals surface area contributed by atoms with Crippen LogP contribution in [0.1, 0.15) is 125 Å². The number of aliphatic hydroxyl groups is 10. The van der Waals surface area contributed by atoms with Crippen LogP contribution < -0.4 is 54.4 Å². The van der Waals surface area contributed by atoms with Crippen LogP contribution in [0.25, 0.3) is 55.2 Å². The van der Waals surface area contributed by atoms with Crippen LogP contribution in [0.4, 0.5) is 0 Å². The second-order valence-electron chi connectivity index (χ2n) is 29.2. The Morgan fingerprint density at radius 1 is 0.439 bits per heavy atom. The van der Waals surface area contributed by atoms with E-state index >= 15 is 0 Å². The average Bonchev–Trinajstić information content (AvgIpc) is 1.67. The van der Waals surface area contributed by atoms with Crippen LogP contribution in [0.3, 0.4) is 0 Å². The number of carbonyl (C=O) groups excluding carboxylic acids is 1. The van der Waals surface area contributed by atoms with Crippen LogP contribution in [-0.2, 0) is 27.2 Å². The quantitative estimate of drug-likeness (QED) is 0.0437. The van der Waals surface area contributed by atoms with Crippen LogP contribution in [-0.4, -0.2) is 257 Å². The zero-order valence-electron chi connectivity index (χ0n) is 63.5. The third-order valence-electron chi connectivity index (χ3n) is 22.4. The number of esters is 1. The first-order chi connectivity index (χ1) is 54.6. The van der Waals surface area contributed by atoms with Crippen molar-refractivity contribution < 1.29 is 75.2 Å². The molecule has 10 aromatic heterocycles. The summed E-state index contributed by atoms with van der Waals surface area (Å²) in [6, 6.07) is -3.29. The molecule has 11 aromatic rings. The third kappa shape index (κ3) is 15.9. The van der Waals surface area contributed by atoms with Gasteiger partial charge in [-0.25, -0.2) is 29.7 Å². The van der Waals surface area contributed by atoms with Crippen molar-refractivity contribution >= 4 is 61.1 Å². The molecule has 612 valence electrons. The molecule has 0 bridgehead atoms. The molecule has 26 N–H and O–H groups in total. The molecule has 5 saturated heterocycles. The number of cyclic esters (lactones) is 1. The molecular weight excluding hydrogens is 1490 g/mol. The predicted molar refractivity (Wildman–Crippen MR) is 412 cm³/mol. The van der Waals surface area contributed by atoms with E-state index in [-0.39, 0.29) is 121 Å². The van der Waals surface area contributed by atoms with E-state index in [0.29, 0.717) is 78.3 Å². The number of allylic oxidation sites excluding steroid dienone is 2. The van der Waals surface area contributed by atoms with Gasteiger partial charge < -0.3 is 147 Å². The highest BCUT2D eigenvalue weighted by Crippen LogP contribution is 2.40. The fourth-order valence-corrected chi connectivity index (χ4v) is 15.8. The summed E-state index contributed by atoms with van der Waals surface area (Å²) in [6.07, 6.45) is 12.0. The Bertz CT molecular complexity index is 5450. The summed E-state index contributed by atoms with van der Waals surface area (Å²) in [5.74, 6) is -0.462. The molecule has 17 rings (SSSR count). The number of carbonyl (C=O) groups is 1. The van der Waals surface area contributed by atoms with E-state index in [1.54, 1.807) is 37.9 Å². The smallest absolute Gasteiger partial charge is 0.342 e. The zero-order chi connectivity index (χ0) is 82.0. The Morgan fingerprint density at radius 3 is 1.18 bits per heavy atom. The van der Waals surface area contributed by atoms with Crippen molar-refractivity contribution in [3.05, 3.63) is 182 Å². The summed E-state index contributed by atoms with van der Waals surface area (Å²) in [5.41, 5.74) is 12.3. The van der Waals surface area contributed by atoms with Crippen molar-refractivity contribution in [2.24, 2.45) is 11.8 Å². The lowest BCUT2D eigenvalue weighted by atomic mass is 9.91. The highest BCUT2D eigenvalue weighted by Gasteiger charge is 2.47. The van der Waals surface area contributed by atoms with Crippen LogP contribution in [0.15, 0.2) is 98.2 Å². The van der Waals surface area contributed by atoms with E-state index in [4.69, 9.17) is 14.2 Å². The molecule has 5 fully saturated rings. The Morgan fingerprint density at radius 2 is 0.807 bits per heavy atom. The molecule has 1 aromatic carbocycles. The molecule has 0 unspecified atom stereocenters. The first kappa shape index (κ1) is 83.1. The van der Waals surface area contributed by atoms with Gasteiger partial charge in [-0.3, -0.25) is 24.0 Å². The number of hydrogen-bond donors (Lipinski definition) is 26. The predicted octanol–water partition coefficient (Wildman–Crippen LogP) is -2.03. The molecule has 6 aliphatic rings. The maximum atomic E-state index is 11.7. The van der Waals surface area contributed by atoms with Gasteiger partial charge in [0.1, 0.15) is 97.5 Å². The first-order valence-corrected chi connectivity index (χ1v) is 36.9. The summed E-state index contributed by atoms with van der Waals surface area (Å²) in [5, 5.41) is 123. The van der Waals surface area contributed by atoms with Crippen LogP contribution in [0.5, 0.6) is 5.75 Å². The molecule has 6 aliphatic heterocycles. The number of phenols is 1. The molecule has 40 nitrogen and oxygen atoms in total. The van der Waals surface area contributed by atoms with Gasteiger partial charge in [-0.1, -0.05) is 25.5 Å². The Kier molecular flexibility index (Phi) is 25.6. The minimum absolute atomic E-state index is 0.0366. The van der Waals surface area contributed by atoms with Gasteiger partial charge in [0.2, 0.25) is 0 Å². The second kappa shape index (κ2) is 35.2. The molecule has 16 heterocycles. The van der Waals surface area contributed by atoms with Gasteiger partial charge in [-0.15, -0.1) is 0 Å². The van der Waals surface area contributed by atoms with Crippen LogP contribution in [0.2, 0.25) is 0 Å². The standard InChI is InChI=1S/C15H18O3.2C12H16N4O4.2C12H16N4O3.C11H14N4O3/c1-8(2)5-6-11-9(3)10(4)12-7-18-15(17)13(12)14(11)16;1-20-11-6(3-17)16-8(10(11)18)5-2-13-9-7(5)14-4-15-12(9)19;1-20-11-8(16-6(3-17)10(11)18)5-2-13-9-7(5)14-4-15-12(9)19;1-5-8(16-7(3-17)11(5)18)6-2-13-10-9(6)14-4-15-12(10)19;1-5-7(3-17)16-9(11(5)18)6-2-13-10-8(6)14-4-15-12(10)19;1-4-9(16)10(17)7(15-4)5-2-12-8-6(5)13-3-14-11(8)18/h5,16H,6-7H2,1-4H3;2*2,4,6,8,10-11,13,16-18H,3H2,1H3,(H,14,15,19);2,4-5,7-8,11,13,16-18H,3H2,1H3,(H,14,15,19);2,4-5,7,9,11,13,16-18H,3H2,1H3,(H,14,15,19);2-4,7,9-10,12,15-17H,1H3,(H,13,14,18)/t;6-,8+,10+,11-;6-,8+,10-,11+;5-,7+,8+,11-;5-,7-,9+,11-;4-,7+,9-,10+/m.11011/s1. The number of benzene rings is 1. The number of hydrogen-bond acceptors (Lipinski definition) is 30. The summed E-state index contributed by atoms with van der Waals surface area (Å²) in [4.78, 5) is 117. The largest absolute Gasteiger partial charge is 0.507 e. The number of aromatic nitrogens is 15. The van der Waals surface area contributed by atoms with E-state index in [0.717, 1.165) is 38.9 Å². The first-order valence-electron chi connectivity index (χ1n) is 36.9. The van der Waals surface area contributed by atoms with Gasteiger partial charge in [0.15, 0.2) is 0 Å². The van der Waals surface area contributed by atoms with E-state index in [9.17, 15) is 84.9 Å². The maximum Gasteiger partial charge on any atom is 0.342 e. The van der Waals surface area contributed by atoms with Crippen molar-refractivity contribution in [3.8, 4) is 5.75 Å². The van der Waals surface area contributed by atoms with Crippen molar-refractivity contribution in [1.82, 2.24) is 101 Å². The number of nitrogens with zero attached hydrogens (tertiary/aromatic N) is 5. The summed E-state index contributed by atoms with van der Waals surface area (Å²) >= 11 is 0. The third-order valence-corrected chi connectivity index (χ3v) is 22.4. The monoisotopic (exact) mass is 1580 g/mol. The van der Waals surface area contributed by atoms with Gasteiger partial charge in [0.25, 0.3) is 27.8 Å². The minimum Gasteiger partial charge on any atom is -0.507 e. The van der Waals surface area contributed by atoms with Crippen molar-refractivity contribution in [1.29, 1.82) is 0 Å². The van der Waals surface area contributed by atoms with Gasteiger partial charge in [-0.2, -0.15) is 0 Å². The average molecular weight is 1590 g/mol.